The summed E-state index contributed by atoms with van der Waals surface area (Å²) in [4.78, 5) is 4.50. The largest absolute Gasteiger partial charge is 0.493 e. The first-order valence-corrected chi connectivity index (χ1v) is 11.8. The van der Waals surface area contributed by atoms with E-state index in [0.29, 0.717) is 28.9 Å². The Morgan fingerprint density at radius 2 is 1.65 bits per heavy atom. The Balaban J connectivity index is 1.63. The predicted octanol–water partition coefficient (Wildman–Crippen LogP) is 4.87. The zero-order valence-electron chi connectivity index (χ0n) is 20.9. The summed E-state index contributed by atoms with van der Waals surface area (Å²) in [5, 5.41) is 8.11. The molecular weight excluding hydrogens is 472 g/mol. The van der Waals surface area contributed by atoms with Gasteiger partial charge in [0, 0.05) is 22.3 Å². The van der Waals surface area contributed by atoms with Crippen LogP contribution in [0, 0.1) is 0 Å². The Labute approximate surface area is 214 Å². The van der Waals surface area contributed by atoms with Crippen molar-refractivity contribution in [3.8, 4) is 28.7 Å². The molecule has 9 heteroatoms. The fraction of sp³-hybridized carbons (Fsp3) is 0.214. The average Bonchev–Trinajstić information content (AvgIpc) is 3.43. The second-order valence-electron chi connectivity index (χ2n) is 8.58. The number of fused-ring (bicyclic) bond motifs is 3. The molecule has 37 heavy (non-hydrogen) atoms. The number of nitrogens with one attached hydrogen (secondary N) is 1. The molecule has 1 N–H and O–H groups in total. The van der Waals surface area contributed by atoms with Crippen molar-refractivity contribution in [1.82, 2.24) is 14.8 Å². The molecule has 0 bridgehead atoms. The van der Waals surface area contributed by atoms with E-state index in [9.17, 15) is 0 Å². The second-order valence-corrected chi connectivity index (χ2v) is 8.58. The highest BCUT2D eigenvalue weighted by atomic mass is 16.5. The minimum atomic E-state index is -0.476. The lowest BCUT2D eigenvalue weighted by molar-refractivity contribution is 0.221. The maximum atomic E-state index is 6.71. The molecule has 1 aromatic heterocycles. The van der Waals surface area contributed by atoms with E-state index in [0.717, 1.165) is 33.7 Å². The van der Waals surface area contributed by atoms with E-state index < -0.39 is 12.1 Å². The van der Waals surface area contributed by atoms with Gasteiger partial charge >= 0.3 is 0 Å². The van der Waals surface area contributed by atoms with Gasteiger partial charge in [0.1, 0.15) is 24.2 Å². The number of hydrogen-bond donors (Lipinski definition) is 1. The molecule has 0 fully saturated rings. The number of ether oxygens (including phenoxy) is 5. The Kier molecular flexibility index (Phi) is 5.60. The minimum absolute atomic E-state index is 0.398. The molecule has 2 aliphatic heterocycles. The van der Waals surface area contributed by atoms with Crippen molar-refractivity contribution in [2.24, 2.45) is 0 Å². The van der Waals surface area contributed by atoms with E-state index >= 15 is 0 Å². The van der Waals surface area contributed by atoms with Crippen molar-refractivity contribution in [2.75, 3.05) is 33.8 Å². The molecule has 0 amide bonds. The van der Waals surface area contributed by atoms with E-state index in [-0.39, 0.29) is 0 Å². The van der Waals surface area contributed by atoms with Crippen LogP contribution in [-0.4, -0.2) is 43.2 Å². The number of rotatable bonds is 6. The summed E-state index contributed by atoms with van der Waals surface area (Å²) in [6.07, 6.45) is 1.06. The second kappa shape index (κ2) is 9.09. The van der Waals surface area contributed by atoms with Crippen molar-refractivity contribution >= 4 is 11.6 Å². The molecule has 188 valence electrons. The molecular formula is C28H26N4O5. The van der Waals surface area contributed by atoms with Gasteiger partial charge in [-0.1, -0.05) is 30.3 Å². The normalized spacial score (nSPS) is 17.5. The quantitative estimate of drug-likeness (QED) is 0.403. The van der Waals surface area contributed by atoms with Crippen molar-refractivity contribution in [3.05, 3.63) is 89.3 Å². The van der Waals surface area contributed by atoms with Crippen molar-refractivity contribution in [2.45, 2.75) is 12.1 Å². The highest BCUT2D eigenvalue weighted by Gasteiger charge is 2.42. The summed E-state index contributed by atoms with van der Waals surface area (Å²) >= 11 is 0. The number of aromatic nitrogens is 3. The van der Waals surface area contributed by atoms with Crippen LogP contribution in [0.4, 0.5) is 5.95 Å². The van der Waals surface area contributed by atoms with Gasteiger partial charge in [0.2, 0.25) is 5.95 Å². The molecule has 9 nitrogen and oxygen atoms in total. The third kappa shape index (κ3) is 3.54. The first-order valence-electron chi connectivity index (χ1n) is 11.8. The third-order valence-corrected chi connectivity index (χ3v) is 6.76. The van der Waals surface area contributed by atoms with E-state index in [1.807, 2.05) is 65.3 Å². The van der Waals surface area contributed by atoms with Gasteiger partial charge in [-0.25, -0.2) is 4.68 Å². The predicted molar refractivity (Wildman–Crippen MR) is 138 cm³/mol. The fourth-order valence-electron chi connectivity index (χ4n) is 5.13. The Morgan fingerprint density at radius 1 is 0.838 bits per heavy atom. The smallest absolute Gasteiger partial charge is 0.226 e. The zero-order chi connectivity index (χ0) is 25.5. The van der Waals surface area contributed by atoms with Crippen LogP contribution in [0.2, 0.25) is 0 Å². The molecule has 0 radical (unpaired) electrons. The number of nitrogens with zero attached hydrogens (tertiary/aromatic N) is 3. The lowest BCUT2D eigenvalue weighted by Gasteiger charge is -2.39. The SMILES string of the molecule is COc1ccc([C@@H]2Oc3ccccc3C3=C2[C@@H](c2cccc(OC)c2OC)n2ncnc2N3)cc1OC. The van der Waals surface area contributed by atoms with E-state index in [4.69, 9.17) is 23.7 Å². The summed E-state index contributed by atoms with van der Waals surface area (Å²) in [7, 11) is 6.51. The number of benzene rings is 3. The Bertz CT molecular complexity index is 1510. The van der Waals surface area contributed by atoms with Crippen molar-refractivity contribution in [3.63, 3.8) is 0 Å². The fourth-order valence-corrected chi connectivity index (χ4v) is 5.13. The van der Waals surface area contributed by atoms with Gasteiger partial charge in [0.15, 0.2) is 23.0 Å². The minimum Gasteiger partial charge on any atom is -0.493 e. The molecule has 2 aliphatic rings. The number of hydrogen-bond acceptors (Lipinski definition) is 8. The Hall–Kier alpha value is -4.66. The van der Waals surface area contributed by atoms with E-state index in [1.54, 1.807) is 34.8 Å². The molecule has 0 saturated carbocycles. The summed E-state index contributed by atoms with van der Waals surface area (Å²) in [6, 6.07) is 19.2. The standard InChI is InChI=1S/C28H26N4O5/c1-33-20-13-12-16(14-22(20)35-3)26-23-24(17-8-5-6-10-19(17)37-26)31-28-29-15-30-32(28)25(23)18-9-7-11-21(34-2)27(18)36-4/h5-15,25-26H,1-4H3,(H,29,30,31)/t25-,26+/m1/s1. The topological polar surface area (TPSA) is 88.9 Å². The Morgan fingerprint density at radius 3 is 2.43 bits per heavy atom. The first-order chi connectivity index (χ1) is 18.2. The lowest BCUT2D eigenvalue weighted by Crippen LogP contribution is -2.32. The molecule has 0 spiro atoms. The summed E-state index contributed by atoms with van der Waals surface area (Å²) in [6.45, 7) is 0. The maximum absolute atomic E-state index is 6.71. The van der Waals surface area contributed by atoms with Crippen LogP contribution >= 0.6 is 0 Å². The summed E-state index contributed by atoms with van der Waals surface area (Å²) in [5.74, 6) is 3.89. The van der Waals surface area contributed by atoms with Gasteiger partial charge < -0.3 is 29.0 Å². The molecule has 6 rings (SSSR count). The molecule has 3 aromatic carbocycles. The summed E-state index contributed by atoms with van der Waals surface area (Å²) < 4.78 is 31.1. The maximum Gasteiger partial charge on any atom is 0.226 e. The first kappa shape index (κ1) is 22.8. The number of para-hydroxylation sites is 2. The van der Waals surface area contributed by atoms with Crippen molar-refractivity contribution in [1.29, 1.82) is 0 Å². The lowest BCUT2D eigenvalue weighted by atomic mass is 9.84. The van der Waals surface area contributed by atoms with Crippen molar-refractivity contribution < 1.29 is 23.7 Å². The van der Waals surface area contributed by atoms with Crippen LogP contribution in [0.5, 0.6) is 28.7 Å². The molecule has 0 saturated heterocycles. The average molecular weight is 499 g/mol. The van der Waals surface area contributed by atoms with Gasteiger partial charge in [0.25, 0.3) is 0 Å². The molecule has 3 heterocycles. The van der Waals surface area contributed by atoms with Gasteiger partial charge in [-0.15, -0.1) is 0 Å². The van der Waals surface area contributed by atoms with Crippen LogP contribution in [0.3, 0.4) is 0 Å². The molecule has 4 aromatic rings. The monoisotopic (exact) mass is 498 g/mol. The highest BCUT2D eigenvalue weighted by molar-refractivity contribution is 5.85. The molecule has 0 aliphatic carbocycles. The summed E-state index contributed by atoms with van der Waals surface area (Å²) in [5.41, 5.74) is 4.58. The van der Waals surface area contributed by atoms with Crippen LogP contribution in [0.1, 0.15) is 28.8 Å². The number of methoxy groups -OCH3 is 4. The molecule has 0 unspecified atom stereocenters. The third-order valence-electron chi connectivity index (χ3n) is 6.76. The van der Waals surface area contributed by atoms with Crippen LogP contribution in [0.25, 0.3) is 5.70 Å². The van der Waals surface area contributed by atoms with Crippen LogP contribution < -0.4 is 29.0 Å². The van der Waals surface area contributed by atoms with Gasteiger partial charge in [-0.05, 0) is 30.3 Å². The van der Waals surface area contributed by atoms with Gasteiger partial charge in [0.05, 0.1) is 34.1 Å². The van der Waals surface area contributed by atoms with Gasteiger partial charge in [-0.3, -0.25) is 0 Å². The zero-order valence-corrected chi connectivity index (χ0v) is 20.9. The highest BCUT2D eigenvalue weighted by Crippen LogP contribution is 2.53. The van der Waals surface area contributed by atoms with Gasteiger partial charge in [-0.2, -0.15) is 10.1 Å². The van der Waals surface area contributed by atoms with E-state index in [2.05, 4.69) is 15.4 Å². The number of anilines is 1. The van der Waals surface area contributed by atoms with E-state index in [1.165, 1.54) is 0 Å². The molecule has 2 atom stereocenters. The van der Waals surface area contributed by atoms with Crippen LogP contribution in [-0.2, 0) is 0 Å². The van der Waals surface area contributed by atoms with Crippen LogP contribution in [0.15, 0.2) is 72.6 Å².